The molecule has 0 radical (unpaired) electrons. The first kappa shape index (κ1) is 14.2. The number of alkyl halides is 1. The summed E-state index contributed by atoms with van der Waals surface area (Å²) in [4.78, 5) is 0. The lowest BCUT2D eigenvalue weighted by molar-refractivity contribution is 0.415. The molecule has 1 nitrogen and oxygen atoms in total. The highest BCUT2D eigenvalue weighted by Gasteiger charge is 1.87. The number of rotatable bonds is 2. The Labute approximate surface area is 77.2 Å². The Kier molecular flexibility index (Phi) is 9.49. The maximum Gasteiger partial charge on any atom is 0.118 e. The smallest absolute Gasteiger partial charge is 0.118 e. The molecule has 0 fully saturated rings. The average molecular weight is 188 g/mol. The van der Waals surface area contributed by atoms with Crippen LogP contribution in [-0.2, 0) is 0 Å². The van der Waals surface area contributed by atoms with Gasteiger partial charge >= 0.3 is 0 Å². The van der Waals surface area contributed by atoms with Crippen molar-refractivity contribution < 1.29 is 13.8 Å². The summed E-state index contributed by atoms with van der Waals surface area (Å²) in [5, 5.41) is 0. The molecule has 0 aliphatic carbocycles. The molecule has 0 aliphatic rings. The highest BCUT2D eigenvalue weighted by atomic mass is 19.1. The highest BCUT2D eigenvalue weighted by Crippen LogP contribution is 2.11. The lowest BCUT2D eigenvalue weighted by atomic mass is 10.2. The molecule has 0 atom stereocenters. The van der Waals surface area contributed by atoms with E-state index >= 15 is 0 Å². The zero-order valence-corrected chi connectivity index (χ0v) is 7.79. The number of hydrogen-bond acceptors (Lipinski definition) is 1. The predicted octanol–water partition coefficient (Wildman–Crippen LogP) is 3.08. The van der Waals surface area contributed by atoms with E-state index in [1.165, 1.54) is 0 Å². The van der Waals surface area contributed by atoms with E-state index in [4.69, 9.17) is 4.74 Å². The van der Waals surface area contributed by atoms with Gasteiger partial charge in [-0.05, 0) is 17.7 Å². The molecule has 3 heteroatoms. The number of methoxy groups -OCH3 is 1. The molecule has 0 bridgehead atoms. The molecule has 0 heterocycles. The van der Waals surface area contributed by atoms with Gasteiger partial charge in [0.25, 0.3) is 0 Å². The van der Waals surface area contributed by atoms with E-state index in [9.17, 15) is 4.39 Å². The van der Waals surface area contributed by atoms with Gasteiger partial charge < -0.3 is 4.74 Å². The zero-order valence-electron chi connectivity index (χ0n) is 7.79. The third-order valence-corrected chi connectivity index (χ3v) is 1.35. The van der Waals surface area contributed by atoms with E-state index in [0.717, 1.165) is 11.3 Å². The van der Waals surface area contributed by atoms with Crippen LogP contribution in [0.5, 0.6) is 5.75 Å². The Morgan fingerprint density at radius 2 is 1.69 bits per heavy atom. The molecule has 13 heavy (non-hydrogen) atoms. The molecule has 0 saturated carbocycles. The summed E-state index contributed by atoms with van der Waals surface area (Å²) in [5.41, 5.74) is 1.11. The number of halogens is 2. The molecule has 74 valence electrons. The minimum absolute atomic E-state index is 0. The molecule has 0 aliphatic heterocycles. The number of benzene rings is 1. The predicted molar refractivity (Wildman–Crippen MR) is 52.6 cm³/mol. The third kappa shape index (κ3) is 4.95. The largest absolute Gasteiger partial charge is 0.497 e. The van der Waals surface area contributed by atoms with Crippen LogP contribution in [0.3, 0.4) is 0 Å². The summed E-state index contributed by atoms with van der Waals surface area (Å²) < 4.78 is 14.5. The van der Waals surface area contributed by atoms with Gasteiger partial charge in [0, 0.05) is 0 Å². The van der Waals surface area contributed by atoms with Crippen molar-refractivity contribution in [1.29, 1.82) is 0 Å². The van der Waals surface area contributed by atoms with Crippen LogP contribution >= 0.6 is 0 Å². The fourth-order valence-electron chi connectivity index (χ4n) is 0.740. The minimum atomic E-state index is 0. The van der Waals surface area contributed by atoms with Crippen molar-refractivity contribution in [1.82, 2.24) is 0 Å². The van der Waals surface area contributed by atoms with Crippen LogP contribution in [0.25, 0.3) is 6.08 Å². The monoisotopic (exact) mass is 188 g/mol. The van der Waals surface area contributed by atoms with Crippen molar-refractivity contribution in [2.24, 2.45) is 0 Å². The maximum absolute atomic E-state index is 9.50. The first-order chi connectivity index (χ1) is 5.86. The van der Waals surface area contributed by atoms with Gasteiger partial charge in [0.2, 0.25) is 0 Å². The molecular weight excluding hydrogens is 174 g/mol. The Morgan fingerprint density at radius 1 is 1.23 bits per heavy atom. The van der Waals surface area contributed by atoms with E-state index in [0.29, 0.717) is 7.18 Å². The second kappa shape index (κ2) is 8.71. The van der Waals surface area contributed by atoms with Gasteiger partial charge in [-0.25, -0.2) is 0 Å². The molecule has 0 spiro atoms. The molecular formula is C10H14F2O. The van der Waals surface area contributed by atoms with Crippen molar-refractivity contribution in [3.05, 3.63) is 36.4 Å². The minimum Gasteiger partial charge on any atom is -0.497 e. The van der Waals surface area contributed by atoms with Gasteiger partial charge in [-0.1, -0.05) is 24.8 Å². The third-order valence-electron chi connectivity index (χ3n) is 1.35. The SMILES string of the molecule is C=Cc1ccc(OC)cc1.CF.F. The normalized spacial score (nSPS) is 7.31. The topological polar surface area (TPSA) is 9.23 Å². The van der Waals surface area contributed by atoms with Gasteiger partial charge in [0.1, 0.15) is 5.75 Å². The first-order valence-corrected chi connectivity index (χ1v) is 3.51. The fraction of sp³-hybridized carbons (Fsp3) is 0.200. The highest BCUT2D eigenvalue weighted by molar-refractivity contribution is 5.48. The quantitative estimate of drug-likeness (QED) is 0.693. The lowest BCUT2D eigenvalue weighted by Gasteiger charge is -1.97. The first-order valence-electron chi connectivity index (χ1n) is 3.51. The Bertz CT molecular complexity index is 219. The summed E-state index contributed by atoms with van der Waals surface area (Å²) in [6.45, 7) is 3.65. The fourth-order valence-corrected chi connectivity index (χ4v) is 0.740. The summed E-state index contributed by atoms with van der Waals surface area (Å²) in [6.07, 6.45) is 1.80. The van der Waals surface area contributed by atoms with Crippen molar-refractivity contribution in [2.45, 2.75) is 0 Å². The van der Waals surface area contributed by atoms with Crippen LogP contribution in [0.1, 0.15) is 5.56 Å². The number of ether oxygens (including phenoxy) is 1. The zero-order chi connectivity index (χ0) is 9.40. The average Bonchev–Trinajstić information content (AvgIpc) is 2.21. The van der Waals surface area contributed by atoms with E-state index in [-0.39, 0.29) is 4.70 Å². The van der Waals surface area contributed by atoms with E-state index in [1.54, 1.807) is 13.2 Å². The molecule has 0 amide bonds. The summed E-state index contributed by atoms with van der Waals surface area (Å²) in [5.74, 6) is 0.880. The van der Waals surface area contributed by atoms with Crippen molar-refractivity contribution in [3.63, 3.8) is 0 Å². The van der Waals surface area contributed by atoms with E-state index in [2.05, 4.69) is 6.58 Å². The van der Waals surface area contributed by atoms with Crippen molar-refractivity contribution >= 4 is 6.08 Å². The van der Waals surface area contributed by atoms with Crippen LogP contribution in [0.2, 0.25) is 0 Å². The van der Waals surface area contributed by atoms with Gasteiger partial charge in [-0.3, -0.25) is 9.09 Å². The Hall–Kier alpha value is -1.38. The van der Waals surface area contributed by atoms with Crippen LogP contribution in [-0.4, -0.2) is 14.3 Å². The molecule has 1 aromatic rings. The summed E-state index contributed by atoms with van der Waals surface area (Å²) in [6, 6.07) is 7.76. The Balaban J connectivity index is 0. The standard InChI is InChI=1S/C9H10O.CH3F.FH/c1-3-8-4-6-9(10-2)7-5-8;1-2;/h3-7H,1H2,2H3;1H3;1H. The second-order valence-electron chi connectivity index (χ2n) is 1.98. The number of hydrogen-bond donors (Lipinski definition) is 0. The van der Waals surface area contributed by atoms with E-state index < -0.39 is 0 Å². The maximum atomic E-state index is 9.50. The van der Waals surface area contributed by atoms with Crippen LogP contribution in [0.15, 0.2) is 30.8 Å². The van der Waals surface area contributed by atoms with Gasteiger partial charge in [-0.15, -0.1) is 0 Å². The van der Waals surface area contributed by atoms with Crippen LogP contribution < -0.4 is 4.74 Å². The summed E-state index contributed by atoms with van der Waals surface area (Å²) in [7, 11) is 2.16. The molecule has 0 aromatic heterocycles. The molecule has 0 unspecified atom stereocenters. The summed E-state index contributed by atoms with van der Waals surface area (Å²) >= 11 is 0. The molecule has 0 saturated heterocycles. The molecule has 1 aromatic carbocycles. The lowest BCUT2D eigenvalue weighted by Crippen LogP contribution is -1.80. The second-order valence-corrected chi connectivity index (χ2v) is 1.98. The van der Waals surface area contributed by atoms with Crippen LogP contribution in [0, 0.1) is 0 Å². The van der Waals surface area contributed by atoms with Gasteiger partial charge in [0.15, 0.2) is 0 Å². The van der Waals surface area contributed by atoms with E-state index in [1.807, 2.05) is 24.3 Å². The van der Waals surface area contributed by atoms with Gasteiger partial charge in [-0.2, -0.15) is 0 Å². The van der Waals surface area contributed by atoms with Crippen molar-refractivity contribution in [3.8, 4) is 5.75 Å². The molecule has 0 N–H and O–H groups in total. The van der Waals surface area contributed by atoms with Crippen molar-refractivity contribution in [2.75, 3.05) is 14.3 Å². The molecule has 1 rings (SSSR count). The van der Waals surface area contributed by atoms with Gasteiger partial charge in [0.05, 0.1) is 14.3 Å². The Morgan fingerprint density at radius 3 is 2.00 bits per heavy atom. The van der Waals surface area contributed by atoms with Crippen LogP contribution in [0.4, 0.5) is 9.09 Å².